The number of carbonyl (C=O) groups is 1. The Morgan fingerprint density at radius 1 is 1.32 bits per heavy atom. The second-order valence-corrected chi connectivity index (χ2v) is 8.69. The van der Waals surface area contributed by atoms with Gasteiger partial charge in [-0.25, -0.2) is 0 Å². The number of thiophene rings is 1. The smallest absolute Gasteiger partial charge is 0.261 e. The molecule has 3 rings (SSSR count). The first-order valence-electron chi connectivity index (χ1n) is 8.33. The third kappa shape index (κ3) is 4.57. The zero-order valence-corrected chi connectivity index (χ0v) is 18.0. The summed E-state index contributed by atoms with van der Waals surface area (Å²) in [5.74, 6) is 0.799. The zero-order valence-electron chi connectivity index (χ0n) is 15.6. The largest absolute Gasteiger partial charge is 0.363 e. The molecule has 1 aromatic carbocycles. The number of nitrogens with one attached hydrogen (secondary N) is 2. The highest BCUT2D eigenvalue weighted by Crippen LogP contribution is 2.31. The Balaban J connectivity index is 1.74. The van der Waals surface area contributed by atoms with Crippen LogP contribution in [-0.2, 0) is 6.54 Å². The molecule has 2 aromatic heterocycles. The zero-order chi connectivity index (χ0) is 20.3. The SMILES string of the molecule is CSc1cc(C(=N)N(C)C)ccc1-c1cc(CNC(=O)c2ccc(Cl)s2)on1. The van der Waals surface area contributed by atoms with Gasteiger partial charge in [-0.1, -0.05) is 28.9 Å². The van der Waals surface area contributed by atoms with Crippen LogP contribution in [0.25, 0.3) is 11.3 Å². The number of hydrogen-bond acceptors (Lipinski definition) is 6. The Bertz CT molecular complexity index is 1010. The molecule has 0 bridgehead atoms. The summed E-state index contributed by atoms with van der Waals surface area (Å²) in [6.07, 6.45) is 1.98. The summed E-state index contributed by atoms with van der Waals surface area (Å²) < 4.78 is 5.95. The molecule has 0 aliphatic carbocycles. The molecule has 3 aromatic rings. The first kappa shape index (κ1) is 20.4. The van der Waals surface area contributed by atoms with Crippen LogP contribution in [0.4, 0.5) is 0 Å². The van der Waals surface area contributed by atoms with Gasteiger partial charge in [0.1, 0.15) is 11.5 Å². The molecule has 0 saturated carbocycles. The van der Waals surface area contributed by atoms with Gasteiger partial charge in [0.2, 0.25) is 0 Å². The molecule has 2 heterocycles. The molecule has 0 saturated heterocycles. The summed E-state index contributed by atoms with van der Waals surface area (Å²) in [5.41, 5.74) is 2.45. The quantitative estimate of drug-likeness (QED) is 0.336. The molecule has 0 radical (unpaired) electrons. The van der Waals surface area contributed by atoms with Crippen LogP contribution in [0.15, 0.2) is 45.8 Å². The lowest BCUT2D eigenvalue weighted by atomic mass is 10.1. The van der Waals surface area contributed by atoms with E-state index in [4.69, 9.17) is 21.5 Å². The Morgan fingerprint density at radius 3 is 2.75 bits per heavy atom. The van der Waals surface area contributed by atoms with Gasteiger partial charge < -0.3 is 14.7 Å². The normalized spacial score (nSPS) is 10.7. The third-order valence-electron chi connectivity index (χ3n) is 3.98. The highest BCUT2D eigenvalue weighted by atomic mass is 35.5. The van der Waals surface area contributed by atoms with E-state index < -0.39 is 0 Å². The minimum absolute atomic E-state index is 0.203. The van der Waals surface area contributed by atoms with Gasteiger partial charge in [0.15, 0.2) is 5.76 Å². The molecular formula is C19H19ClN4O2S2. The molecule has 2 N–H and O–H groups in total. The number of rotatable bonds is 6. The van der Waals surface area contributed by atoms with Gasteiger partial charge in [-0.15, -0.1) is 23.1 Å². The van der Waals surface area contributed by atoms with Crippen molar-refractivity contribution in [2.24, 2.45) is 0 Å². The van der Waals surface area contributed by atoms with E-state index in [1.807, 2.05) is 44.6 Å². The first-order chi connectivity index (χ1) is 13.4. The molecule has 6 nitrogen and oxygen atoms in total. The van der Waals surface area contributed by atoms with E-state index in [0.29, 0.717) is 26.5 Å². The molecule has 1 amide bonds. The molecule has 9 heteroatoms. The van der Waals surface area contributed by atoms with Crippen molar-refractivity contribution in [3.63, 3.8) is 0 Å². The lowest BCUT2D eigenvalue weighted by Crippen LogP contribution is -2.21. The Morgan fingerprint density at radius 2 is 2.11 bits per heavy atom. The van der Waals surface area contributed by atoms with Gasteiger partial charge in [-0.2, -0.15) is 0 Å². The van der Waals surface area contributed by atoms with Crippen molar-refractivity contribution in [3.8, 4) is 11.3 Å². The van der Waals surface area contributed by atoms with Crippen LogP contribution in [0, 0.1) is 5.41 Å². The van der Waals surface area contributed by atoms with Crippen molar-refractivity contribution in [2.75, 3.05) is 20.4 Å². The third-order valence-corrected chi connectivity index (χ3v) is 5.98. The van der Waals surface area contributed by atoms with Crippen LogP contribution < -0.4 is 5.32 Å². The Labute approximate surface area is 176 Å². The number of amidine groups is 1. The number of halogens is 1. The van der Waals surface area contributed by atoms with Crippen LogP contribution in [0.2, 0.25) is 4.34 Å². The van der Waals surface area contributed by atoms with Crippen LogP contribution >= 0.6 is 34.7 Å². The van der Waals surface area contributed by atoms with Gasteiger partial charge in [0, 0.05) is 36.2 Å². The van der Waals surface area contributed by atoms with E-state index in [0.717, 1.165) is 16.0 Å². The molecule has 28 heavy (non-hydrogen) atoms. The lowest BCUT2D eigenvalue weighted by Gasteiger charge is -2.15. The van der Waals surface area contributed by atoms with E-state index in [1.165, 1.54) is 11.3 Å². The maximum Gasteiger partial charge on any atom is 0.261 e. The summed E-state index contributed by atoms with van der Waals surface area (Å²) in [4.78, 5) is 15.4. The average molecular weight is 435 g/mol. The van der Waals surface area contributed by atoms with Crippen LogP contribution in [0.3, 0.4) is 0 Å². The molecule has 0 unspecified atom stereocenters. The second-order valence-electron chi connectivity index (χ2n) is 6.12. The van der Waals surface area contributed by atoms with Crippen molar-refractivity contribution in [3.05, 3.63) is 56.9 Å². The Kier molecular flexibility index (Phi) is 6.43. The van der Waals surface area contributed by atoms with Crippen molar-refractivity contribution < 1.29 is 9.32 Å². The minimum atomic E-state index is -0.203. The molecule has 0 spiro atoms. The van der Waals surface area contributed by atoms with Crippen LogP contribution in [0.1, 0.15) is 21.0 Å². The van der Waals surface area contributed by atoms with Crippen LogP contribution in [0.5, 0.6) is 0 Å². The molecule has 0 aliphatic rings. The number of carbonyl (C=O) groups excluding carboxylic acids is 1. The van der Waals surface area contributed by atoms with Crippen molar-refractivity contribution in [2.45, 2.75) is 11.4 Å². The van der Waals surface area contributed by atoms with Gasteiger partial charge in [0.25, 0.3) is 5.91 Å². The van der Waals surface area contributed by atoms with E-state index >= 15 is 0 Å². The molecule has 0 fully saturated rings. The minimum Gasteiger partial charge on any atom is -0.363 e. The number of benzene rings is 1. The number of thioether (sulfide) groups is 1. The predicted molar refractivity (Wildman–Crippen MR) is 115 cm³/mol. The highest BCUT2D eigenvalue weighted by molar-refractivity contribution is 7.98. The van der Waals surface area contributed by atoms with Gasteiger partial charge in [0.05, 0.1) is 15.8 Å². The fraction of sp³-hybridized carbons (Fsp3) is 0.211. The fourth-order valence-corrected chi connectivity index (χ4v) is 4.12. The van der Waals surface area contributed by atoms with Crippen molar-refractivity contribution in [1.82, 2.24) is 15.4 Å². The summed E-state index contributed by atoms with van der Waals surface area (Å²) in [7, 11) is 3.69. The monoisotopic (exact) mass is 434 g/mol. The summed E-state index contributed by atoms with van der Waals surface area (Å²) in [5, 5.41) is 15.1. The van der Waals surface area contributed by atoms with E-state index in [2.05, 4.69) is 10.5 Å². The fourth-order valence-electron chi connectivity index (χ4n) is 2.52. The van der Waals surface area contributed by atoms with E-state index in [-0.39, 0.29) is 12.5 Å². The lowest BCUT2D eigenvalue weighted by molar-refractivity contribution is 0.0951. The Hall–Kier alpha value is -2.29. The number of amides is 1. The first-order valence-corrected chi connectivity index (χ1v) is 10.7. The topological polar surface area (TPSA) is 82.2 Å². The van der Waals surface area contributed by atoms with Gasteiger partial charge in [-0.05, 0) is 24.5 Å². The molecule has 146 valence electrons. The van der Waals surface area contributed by atoms with E-state index in [9.17, 15) is 4.79 Å². The molecule has 0 atom stereocenters. The number of nitrogens with zero attached hydrogens (tertiary/aromatic N) is 2. The second kappa shape index (κ2) is 8.81. The van der Waals surface area contributed by atoms with Crippen LogP contribution in [-0.4, -0.2) is 42.2 Å². The van der Waals surface area contributed by atoms with Crippen molar-refractivity contribution in [1.29, 1.82) is 5.41 Å². The summed E-state index contributed by atoms with van der Waals surface area (Å²) >= 11 is 8.67. The van der Waals surface area contributed by atoms with Gasteiger partial charge >= 0.3 is 0 Å². The summed E-state index contributed by atoms with van der Waals surface area (Å²) in [6, 6.07) is 11.0. The molecular weight excluding hydrogens is 416 g/mol. The van der Waals surface area contributed by atoms with E-state index in [1.54, 1.807) is 28.8 Å². The number of hydrogen-bond donors (Lipinski definition) is 2. The highest BCUT2D eigenvalue weighted by Gasteiger charge is 2.15. The predicted octanol–water partition coefficient (Wildman–Crippen LogP) is 4.60. The molecule has 0 aliphatic heterocycles. The maximum atomic E-state index is 12.1. The van der Waals surface area contributed by atoms with Gasteiger partial charge in [-0.3, -0.25) is 10.2 Å². The maximum absolute atomic E-state index is 12.1. The number of aromatic nitrogens is 1. The standard InChI is InChI=1S/C19H19ClN4O2S2/c1-24(2)18(21)11-4-5-13(16(8-11)27-3)14-9-12(26-23-14)10-22-19(25)15-6-7-17(20)28-15/h4-9,21H,10H2,1-3H3,(H,22,25). The average Bonchev–Trinajstić information content (AvgIpc) is 3.34. The summed E-state index contributed by atoms with van der Waals surface area (Å²) in [6.45, 7) is 0.235. The van der Waals surface area contributed by atoms with Crippen molar-refractivity contribution >= 4 is 46.4 Å².